The lowest BCUT2D eigenvalue weighted by Crippen LogP contribution is -2.52. The molecular formula is C26H40O7Si. The van der Waals surface area contributed by atoms with Crippen LogP contribution in [-0.2, 0) is 35.8 Å². The first kappa shape index (κ1) is 26.7. The maximum atomic E-state index is 12.5. The lowest BCUT2D eigenvalue weighted by Gasteiger charge is -2.44. The molecule has 0 saturated heterocycles. The molecule has 0 aromatic heterocycles. The molecule has 2 aliphatic rings. The van der Waals surface area contributed by atoms with Crippen LogP contribution in [-0.4, -0.2) is 47.3 Å². The summed E-state index contributed by atoms with van der Waals surface area (Å²) >= 11 is 0. The van der Waals surface area contributed by atoms with Gasteiger partial charge in [0.2, 0.25) is 5.79 Å². The molecule has 1 spiro atoms. The summed E-state index contributed by atoms with van der Waals surface area (Å²) in [6.45, 7) is 16.9. The van der Waals surface area contributed by atoms with Crippen LogP contribution in [0.1, 0.15) is 52.7 Å². The van der Waals surface area contributed by atoms with E-state index >= 15 is 0 Å². The Balaban J connectivity index is 1.98. The van der Waals surface area contributed by atoms with E-state index < -0.39 is 25.6 Å². The van der Waals surface area contributed by atoms with Crippen molar-refractivity contribution >= 4 is 14.3 Å². The van der Waals surface area contributed by atoms with Gasteiger partial charge in [-0.25, -0.2) is 0 Å². The lowest BCUT2D eigenvalue weighted by molar-refractivity contribution is -0.256. The maximum absolute atomic E-state index is 12.5. The van der Waals surface area contributed by atoms with E-state index in [2.05, 4.69) is 33.9 Å². The zero-order valence-corrected chi connectivity index (χ0v) is 23.2. The molecule has 0 fully saturated rings. The van der Waals surface area contributed by atoms with Crippen LogP contribution < -0.4 is 9.47 Å². The molecule has 1 unspecified atom stereocenters. The minimum Gasteiger partial charge on any atom is -0.497 e. The van der Waals surface area contributed by atoms with Crippen molar-refractivity contribution in [1.82, 2.24) is 0 Å². The van der Waals surface area contributed by atoms with Gasteiger partial charge < -0.3 is 28.1 Å². The minimum absolute atomic E-state index is 0.0127. The molecule has 7 nitrogen and oxygen atoms in total. The highest BCUT2D eigenvalue weighted by molar-refractivity contribution is 6.74. The van der Waals surface area contributed by atoms with Gasteiger partial charge >= 0.3 is 5.97 Å². The highest BCUT2D eigenvalue weighted by Crippen LogP contribution is 2.49. The highest BCUT2D eigenvalue weighted by atomic mass is 28.4. The summed E-state index contributed by atoms with van der Waals surface area (Å²) in [6.07, 6.45) is 2.95. The summed E-state index contributed by atoms with van der Waals surface area (Å²) < 4.78 is 36.3. The Labute approximate surface area is 204 Å². The van der Waals surface area contributed by atoms with E-state index in [0.717, 1.165) is 11.1 Å². The molecule has 190 valence electrons. The zero-order valence-electron chi connectivity index (χ0n) is 22.2. The quantitative estimate of drug-likeness (QED) is 0.302. The van der Waals surface area contributed by atoms with Crippen molar-refractivity contribution in [3.63, 3.8) is 0 Å². The number of fused-ring (bicyclic) bond motifs is 2. The summed E-state index contributed by atoms with van der Waals surface area (Å²) in [5.41, 5.74) is 1.11. The van der Waals surface area contributed by atoms with Crippen molar-refractivity contribution in [2.45, 2.75) is 84.3 Å². The third-order valence-electron chi connectivity index (χ3n) is 6.83. The Morgan fingerprint density at radius 3 is 2.35 bits per heavy atom. The summed E-state index contributed by atoms with van der Waals surface area (Å²) in [5.74, 6) is -0.142. The average Bonchev–Trinajstić information content (AvgIpc) is 3.09. The van der Waals surface area contributed by atoms with Crippen molar-refractivity contribution in [3.05, 3.63) is 35.4 Å². The number of carbonyl (C=O) groups excluding carboxylic acids is 1. The fourth-order valence-electron chi connectivity index (χ4n) is 3.73. The Kier molecular flexibility index (Phi) is 7.31. The van der Waals surface area contributed by atoms with E-state index in [1.807, 2.05) is 45.1 Å². The first-order chi connectivity index (χ1) is 15.6. The molecule has 3 atom stereocenters. The largest absolute Gasteiger partial charge is 0.497 e. The van der Waals surface area contributed by atoms with Crippen molar-refractivity contribution in [2.75, 3.05) is 20.8 Å². The number of rotatable bonds is 6. The van der Waals surface area contributed by atoms with E-state index in [-0.39, 0.29) is 23.7 Å². The summed E-state index contributed by atoms with van der Waals surface area (Å²) in [7, 11) is 1.09. The van der Waals surface area contributed by atoms with Crippen LogP contribution in [0.5, 0.6) is 11.5 Å². The van der Waals surface area contributed by atoms with Crippen LogP contribution in [0, 0.1) is 5.41 Å². The molecule has 1 aromatic rings. The summed E-state index contributed by atoms with van der Waals surface area (Å²) in [5, 5.41) is 0.0127. The number of carbonyl (C=O) groups is 1. The fourth-order valence-corrected chi connectivity index (χ4v) is 4.99. The topological polar surface area (TPSA) is 72.5 Å². The van der Waals surface area contributed by atoms with Gasteiger partial charge in [0.25, 0.3) is 0 Å². The molecule has 0 saturated carbocycles. The van der Waals surface area contributed by atoms with E-state index in [9.17, 15) is 4.79 Å². The second-order valence-electron chi connectivity index (χ2n) is 11.5. The van der Waals surface area contributed by atoms with Gasteiger partial charge in [-0.05, 0) is 56.6 Å². The normalized spacial score (nSPS) is 24.8. The molecule has 0 N–H and O–H groups in total. The number of esters is 1. The van der Waals surface area contributed by atoms with Gasteiger partial charge in [-0.2, -0.15) is 0 Å². The molecule has 0 radical (unpaired) electrons. The maximum Gasteiger partial charge on any atom is 0.311 e. The van der Waals surface area contributed by atoms with Gasteiger partial charge in [0, 0.05) is 6.07 Å². The molecule has 0 aliphatic carbocycles. The second kappa shape index (κ2) is 9.30. The minimum atomic E-state index is -2.13. The van der Waals surface area contributed by atoms with Crippen molar-refractivity contribution in [3.8, 4) is 11.5 Å². The summed E-state index contributed by atoms with van der Waals surface area (Å²) in [4.78, 5) is 12.5. The van der Waals surface area contributed by atoms with Crippen LogP contribution in [0.2, 0.25) is 18.1 Å². The van der Waals surface area contributed by atoms with Crippen molar-refractivity contribution in [1.29, 1.82) is 0 Å². The average molecular weight is 493 g/mol. The first-order valence-electron chi connectivity index (χ1n) is 11.7. The SMILES string of the molecule is COc1cc2c(c(OC)c1)C1(C=C[C@H](O[Si](C)(C)C(C)(C)C)[C@@H](COC(=O)C(C)(C)C)O1)OC2. The van der Waals surface area contributed by atoms with Crippen LogP contribution in [0.3, 0.4) is 0 Å². The predicted molar refractivity (Wildman–Crippen MR) is 133 cm³/mol. The highest BCUT2D eigenvalue weighted by Gasteiger charge is 2.50. The molecule has 0 bridgehead atoms. The smallest absolute Gasteiger partial charge is 0.311 e. The van der Waals surface area contributed by atoms with Crippen LogP contribution in [0.15, 0.2) is 24.3 Å². The molecule has 2 heterocycles. The van der Waals surface area contributed by atoms with Gasteiger partial charge in [0.1, 0.15) is 24.2 Å². The number of hydrogen-bond acceptors (Lipinski definition) is 7. The van der Waals surface area contributed by atoms with Gasteiger partial charge in [-0.15, -0.1) is 0 Å². The van der Waals surface area contributed by atoms with E-state index in [1.54, 1.807) is 14.2 Å². The standard InChI is InChI=1S/C26H40O7Si/c1-24(2,3)23(27)30-16-21-19(33-34(9,10)25(4,5)6)11-12-26(32-21)22-17(15-31-26)13-18(28-7)14-20(22)29-8/h11-14,19,21H,15-16H2,1-10H3/t19-,21+,26?/m0/s1. The molecule has 0 amide bonds. The van der Waals surface area contributed by atoms with Crippen molar-refractivity contribution < 1.29 is 32.9 Å². The molecule has 2 aliphatic heterocycles. The molecule has 34 heavy (non-hydrogen) atoms. The Morgan fingerprint density at radius 1 is 1.12 bits per heavy atom. The first-order valence-corrected chi connectivity index (χ1v) is 14.7. The molecule has 8 heteroatoms. The third-order valence-corrected chi connectivity index (χ3v) is 11.3. The number of ether oxygens (including phenoxy) is 5. The van der Waals surface area contributed by atoms with Gasteiger partial charge in [-0.3, -0.25) is 4.79 Å². The van der Waals surface area contributed by atoms with Crippen LogP contribution in [0.25, 0.3) is 0 Å². The Bertz CT molecular complexity index is 942. The summed E-state index contributed by atoms with van der Waals surface area (Å²) in [6, 6.07) is 3.75. The van der Waals surface area contributed by atoms with Crippen LogP contribution in [0.4, 0.5) is 0 Å². The molecule has 3 rings (SSSR count). The monoisotopic (exact) mass is 492 g/mol. The molecular weight excluding hydrogens is 452 g/mol. The van der Waals surface area contributed by atoms with Crippen molar-refractivity contribution in [2.24, 2.45) is 5.41 Å². The zero-order chi connectivity index (χ0) is 25.5. The van der Waals surface area contributed by atoms with Gasteiger partial charge in [0.05, 0.1) is 37.9 Å². The number of hydrogen-bond donors (Lipinski definition) is 0. The number of methoxy groups -OCH3 is 2. The second-order valence-corrected chi connectivity index (χ2v) is 16.3. The number of benzene rings is 1. The lowest BCUT2D eigenvalue weighted by atomic mass is 9.96. The van der Waals surface area contributed by atoms with E-state index in [4.69, 9.17) is 28.1 Å². The van der Waals surface area contributed by atoms with Gasteiger partial charge in [0.15, 0.2) is 8.32 Å². The predicted octanol–water partition coefficient (Wildman–Crippen LogP) is 5.32. The van der Waals surface area contributed by atoms with Gasteiger partial charge in [-0.1, -0.05) is 26.8 Å². The van der Waals surface area contributed by atoms with E-state index in [1.165, 1.54) is 0 Å². The third kappa shape index (κ3) is 5.20. The molecule has 1 aromatic carbocycles. The van der Waals surface area contributed by atoms with Crippen LogP contribution >= 0.6 is 0 Å². The fraction of sp³-hybridized carbons (Fsp3) is 0.654. The Morgan fingerprint density at radius 2 is 1.79 bits per heavy atom. The van der Waals surface area contributed by atoms with E-state index in [0.29, 0.717) is 18.1 Å². The Hall–Kier alpha value is -1.87.